The molecule has 4 aromatic rings. The van der Waals surface area contributed by atoms with Gasteiger partial charge in [0.05, 0.1) is 12.1 Å². The molecular formula is C24H21Cl2FN4O3. The molecular weight excluding hydrogens is 482 g/mol. The van der Waals surface area contributed by atoms with Crippen LogP contribution >= 0.6 is 23.2 Å². The summed E-state index contributed by atoms with van der Waals surface area (Å²) in [5, 5.41) is 11.3. The minimum absolute atomic E-state index is 0.0778. The van der Waals surface area contributed by atoms with Gasteiger partial charge in [0.2, 0.25) is 0 Å². The molecule has 10 heteroatoms. The Balaban J connectivity index is 1.48. The fraction of sp³-hybridized carbons (Fsp3) is 0.208. The van der Waals surface area contributed by atoms with E-state index in [1.807, 2.05) is 32.0 Å². The average molecular weight is 503 g/mol. The van der Waals surface area contributed by atoms with Crippen molar-refractivity contribution in [1.82, 2.24) is 14.9 Å². The maximum absolute atomic E-state index is 13.3. The zero-order valence-electron chi connectivity index (χ0n) is 18.7. The van der Waals surface area contributed by atoms with E-state index in [1.54, 1.807) is 13.0 Å². The van der Waals surface area contributed by atoms with Gasteiger partial charge in [-0.05, 0) is 61.7 Å². The molecule has 1 amide bonds. The first-order valence-electron chi connectivity index (χ1n) is 10.3. The molecule has 0 fully saturated rings. The molecule has 0 aliphatic heterocycles. The van der Waals surface area contributed by atoms with Crippen LogP contribution in [0.4, 0.5) is 10.2 Å². The highest BCUT2D eigenvalue weighted by molar-refractivity contribution is 6.33. The first-order valence-corrected chi connectivity index (χ1v) is 11.1. The number of hydrogen-bond donors (Lipinski definition) is 1. The van der Waals surface area contributed by atoms with Crippen molar-refractivity contribution < 1.29 is 18.4 Å². The summed E-state index contributed by atoms with van der Waals surface area (Å²) >= 11 is 12.4. The summed E-state index contributed by atoms with van der Waals surface area (Å²) in [7, 11) is 0. The third-order valence-electron chi connectivity index (χ3n) is 5.07. The highest BCUT2D eigenvalue weighted by atomic mass is 35.5. The zero-order valence-corrected chi connectivity index (χ0v) is 20.2. The normalized spacial score (nSPS) is 11.0. The standard InChI is InChI=1S/C24H21Cl2FN4O3/c1-13-6-14(2)8-18(7-13)33-12-19-15(3)34-30-22(19)24(32)28-23-21(26)11-31(29-23)10-16-4-5-17(27)9-20(16)25/h4-9,11H,10,12H2,1-3H3,(H,28,29,32). The van der Waals surface area contributed by atoms with Crippen molar-refractivity contribution in [3.05, 3.63) is 92.2 Å². The molecule has 2 aromatic heterocycles. The summed E-state index contributed by atoms with van der Waals surface area (Å²) in [4.78, 5) is 12.9. The number of aryl methyl sites for hydroxylation is 3. The molecule has 176 valence electrons. The minimum Gasteiger partial charge on any atom is -0.489 e. The van der Waals surface area contributed by atoms with Crippen LogP contribution in [0, 0.1) is 26.6 Å². The van der Waals surface area contributed by atoms with E-state index in [2.05, 4.69) is 15.6 Å². The second-order valence-corrected chi connectivity index (χ2v) is 8.71. The van der Waals surface area contributed by atoms with Gasteiger partial charge in [0, 0.05) is 11.2 Å². The lowest BCUT2D eigenvalue weighted by atomic mass is 10.1. The summed E-state index contributed by atoms with van der Waals surface area (Å²) in [5.74, 6) is 0.331. The number of hydrogen-bond acceptors (Lipinski definition) is 5. The van der Waals surface area contributed by atoms with Gasteiger partial charge in [-0.2, -0.15) is 5.10 Å². The summed E-state index contributed by atoms with van der Waals surface area (Å²) < 4.78 is 25.9. The smallest absolute Gasteiger partial charge is 0.279 e. The predicted octanol–water partition coefficient (Wildman–Crippen LogP) is 6.12. The molecule has 2 aromatic carbocycles. The highest BCUT2D eigenvalue weighted by Gasteiger charge is 2.22. The Bertz CT molecular complexity index is 1350. The molecule has 0 aliphatic rings. The van der Waals surface area contributed by atoms with Crippen molar-refractivity contribution in [2.75, 3.05) is 5.32 Å². The van der Waals surface area contributed by atoms with Crippen LogP contribution in [-0.2, 0) is 13.2 Å². The number of ether oxygens (including phenoxy) is 1. The number of carbonyl (C=O) groups is 1. The van der Waals surface area contributed by atoms with Crippen LogP contribution in [0.1, 0.15) is 38.5 Å². The molecule has 0 saturated carbocycles. The van der Waals surface area contributed by atoms with Crippen LogP contribution in [-0.4, -0.2) is 20.8 Å². The summed E-state index contributed by atoms with van der Waals surface area (Å²) in [6.07, 6.45) is 1.54. The van der Waals surface area contributed by atoms with E-state index in [0.29, 0.717) is 22.6 Å². The number of anilines is 1. The number of amides is 1. The van der Waals surface area contributed by atoms with Crippen molar-refractivity contribution in [3.8, 4) is 5.75 Å². The molecule has 1 N–H and O–H groups in total. The third-order valence-corrected chi connectivity index (χ3v) is 5.70. The molecule has 0 saturated heterocycles. The van der Waals surface area contributed by atoms with Gasteiger partial charge in [0.1, 0.15) is 29.0 Å². The number of benzene rings is 2. The van der Waals surface area contributed by atoms with Gasteiger partial charge in [-0.25, -0.2) is 4.39 Å². The predicted molar refractivity (Wildman–Crippen MR) is 127 cm³/mol. The average Bonchev–Trinajstić information content (AvgIpc) is 3.29. The first kappa shape index (κ1) is 23.8. The maximum atomic E-state index is 13.3. The monoisotopic (exact) mass is 502 g/mol. The number of nitrogens with zero attached hydrogens (tertiary/aromatic N) is 3. The van der Waals surface area contributed by atoms with Crippen molar-refractivity contribution in [3.63, 3.8) is 0 Å². The van der Waals surface area contributed by atoms with Crippen LogP contribution < -0.4 is 10.1 Å². The van der Waals surface area contributed by atoms with Gasteiger partial charge in [-0.15, -0.1) is 0 Å². The molecule has 0 aliphatic carbocycles. The van der Waals surface area contributed by atoms with Crippen molar-refractivity contribution in [1.29, 1.82) is 0 Å². The molecule has 0 spiro atoms. The van der Waals surface area contributed by atoms with Gasteiger partial charge >= 0.3 is 0 Å². The van der Waals surface area contributed by atoms with Gasteiger partial charge in [-0.3, -0.25) is 9.48 Å². The highest BCUT2D eigenvalue weighted by Crippen LogP contribution is 2.25. The Morgan fingerprint density at radius 1 is 1.12 bits per heavy atom. The number of carbonyl (C=O) groups excluding carboxylic acids is 1. The van der Waals surface area contributed by atoms with E-state index >= 15 is 0 Å². The second-order valence-electron chi connectivity index (χ2n) is 7.89. The SMILES string of the molecule is Cc1cc(C)cc(OCc2c(C(=O)Nc3nn(Cc4ccc(F)cc4Cl)cc3Cl)noc2C)c1. The van der Waals surface area contributed by atoms with E-state index in [-0.39, 0.29) is 34.7 Å². The van der Waals surface area contributed by atoms with Crippen LogP contribution in [0.2, 0.25) is 10.0 Å². The molecule has 0 radical (unpaired) electrons. The maximum Gasteiger partial charge on any atom is 0.279 e. The molecule has 4 rings (SSSR count). The van der Waals surface area contributed by atoms with Crippen LogP contribution in [0.15, 0.2) is 47.1 Å². The minimum atomic E-state index is -0.539. The molecule has 2 heterocycles. The summed E-state index contributed by atoms with van der Waals surface area (Å²) in [6, 6.07) is 9.96. The molecule has 34 heavy (non-hydrogen) atoms. The van der Waals surface area contributed by atoms with E-state index in [4.69, 9.17) is 32.5 Å². The fourth-order valence-corrected chi connectivity index (χ4v) is 3.89. The molecule has 7 nitrogen and oxygen atoms in total. The lowest BCUT2D eigenvalue weighted by molar-refractivity contribution is 0.101. The summed E-state index contributed by atoms with van der Waals surface area (Å²) in [6.45, 7) is 6.02. The zero-order chi connectivity index (χ0) is 24.4. The van der Waals surface area contributed by atoms with Crippen molar-refractivity contribution in [2.45, 2.75) is 33.9 Å². The Hall–Kier alpha value is -3.36. The topological polar surface area (TPSA) is 82.2 Å². The Labute approximate surface area is 205 Å². The Morgan fingerprint density at radius 3 is 2.56 bits per heavy atom. The van der Waals surface area contributed by atoms with Crippen molar-refractivity contribution in [2.24, 2.45) is 0 Å². The van der Waals surface area contributed by atoms with E-state index in [1.165, 1.54) is 23.0 Å². The van der Waals surface area contributed by atoms with Crippen LogP contribution in [0.25, 0.3) is 0 Å². The second kappa shape index (κ2) is 9.87. The number of halogens is 3. The quantitative estimate of drug-likeness (QED) is 0.329. The number of nitrogens with one attached hydrogen (secondary N) is 1. The molecule has 0 bridgehead atoms. The third kappa shape index (κ3) is 5.40. The van der Waals surface area contributed by atoms with Gasteiger partial charge in [0.25, 0.3) is 5.91 Å². The van der Waals surface area contributed by atoms with E-state index < -0.39 is 11.7 Å². The van der Waals surface area contributed by atoms with Crippen molar-refractivity contribution >= 4 is 34.9 Å². The van der Waals surface area contributed by atoms with E-state index in [0.717, 1.165) is 11.1 Å². The van der Waals surface area contributed by atoms with E-state index in [9.17, 15) is 9.18 Å². The lowest BCUT2D eigenvalue weighted by Crippen LogP contribution is -2.16. The van der Waals surface area contributed by atoms with Crippen LogP contribution in [0.5, 0.6) is 5.75 Å². The van der Waals surface area contributed by atoms with Crippen LogP contribution in [0.3, 0.4) is 0 Å². The molecule has 0 unspecified atom stereocenters. The molecule has 0 atom stereocenters. The van der Waals surface area contributed by atoms with Gasteiger partial charge in [-0.1, -0.05) is 40.5 Å². The van der Waals surface area contributed by atoms with Gasteiger partial charge in [0.15, 0.2) is 11.5 Å². The fourth-order valence-electron chi connectivity index (χ4n) is 3.47. The number of aromatic nitrogens is 3. The first-order chi connectivity index (χ1) is 16.2. The lowest BCUT2D eigenvalue weighted by Gasteiger charge is -2.09. The largest absolute Gasteiger partial charge is 0.489 e. The Morgan fingerprint density at radius 2 is 1.85 bits per heavy atom. The van der Waals surface area contributed by atoms with Gasteiger partial charge < -0.3 is 14.6 Å². The number of rotatable bonds is 7. The summed E-state index contributed by atoms with van der Waals surface area (Å²) in [5.41, 5.74) is 3.39. The Kier molecular flexibility index (Phi) is 6.90.